The molecule has 1 amide bonds. The highest BCUT2D eigenvalue weighted by Gasteiger charge is 2.43. The summed E-state index contributed by atoms with van der Waals surface area (Å²) < 4.78 is 55.2. The molecule has 2 heterocycles. The summed E-state index contributed by atoms with van der Waals surface area (Å²) >= 11 is 0. The van der Waals surface area contributed by atoms with Gasteiger partial charge in [-0.15, -0.1) is 0 Å². The van der Waals surface area contributed by atoms with Gasteiger partial charge < -0.3 is 25.6 Å². The maximum absolute atomic E-state index is 15.5. The molecule has 33 heavy (non-hydrogen) atoms. The topological polar surface area (TPSA) is 118 Å². The van der Waals surface area contributed by atoms with Crippen molar-refractivity contribution in [1.82, 2.24) is 9.88 Å². The molecule has 2 aromatic rings. The highest BCUT2D eigenvalue weighted by Crippen LogP contribution is 2.42. The van der Waals surface area contributed by atoms with Crippen LogP contribution in [0.3, 0.4) is 0 Å². The number of nitrogens with two attached hydrogens (primary N) is 1. The third-order valence-electron chi connectivity index (χ3n) is 6.33. The number of hydrogen-bond donors (Lipinski definition) is 3. The van der Waals surface area contributed by atoms with E-state index >= 15 is 4.39 Å². The lowest BCUT2D eigenvalue weighted by Gasteiger charge is -2.25. The predicted octanol–water partition coefficient (Wildman–Crippen LogP) is 2.57. The highest BCUT2D eigenvalue weighted by molar-refractivity contribution is 6.01. The third kappa shape index (κ3) is 3.76. The number of carboxylic acids is 1. The van der Waals surface area contributed by atoms with Crippen LogP contribution in [-0.2, 0) is 4.79 Å². The van der Waals surface area contributed by atoms with Crippen molar-refractivity contribution < 1.29 is 32.3 Å². The first kappa shape index (κ1) is 22.9. The minimum Gasteiger partial charge on any atom is -0.477 e. The number of carboxylic acid groups (broad SMARTS) is 1. The molecule has 1 saturated heterocycles. The molecule has 4 N–H and O–H groups in total. The lowest BCUT2D eigenvalue weighted by Crippen LogP contribution is -2.46. The van der Waals surface area contributed by atoms with E-state index < -0.39 is 52.5 Å². The van der Waals surface area contributed by atoms with E-state index in [0.717, 1.165) is 12.8 Å². The fourth-order valence-corrected chi connectivity index (χ4v) is 4.54. The molecule has 0 radical (unpaired) electrons. The van der Waals surface area contributed by atoms with Crippen molar-refractivity contribution in [2.45, 2.75) is 44.9 Å². The molecular formula is C21H22F4N4O4. The van der Waals surface area contributed by atoms with E-state index in [2.05, 4.69) is 0 Å². The number of nitrogens with zero attached hydrogens (tertiary/aromatic N) is 2. The maximum Gasteiger partial charge on any atom is 0.471 e. The summed E-state index contributed by atoms with van der Waals surface area (Å²) in [5.41, 5.74) is 4.72. The molecule has 1 aliphatic carbocycles. The summed E-state index contributed by atoms with van der Waals surface area (Å²) in [7, 11) is 0. The molecular weight excluding hydrogens is 448 g/mol. The number of amides is 1. The smallest absolute Gasteiger partial charge is 0.471 e. The summed E-state index contributed by atoms with van der Waals surface area (Å²) in [5.74, 6) is -4.89. The van der Waals surface area contributed by atoms with Crippen molar-refractivity contribution in [1.29, 1.82) is 0 Å². The molecule has 0 spiro atoms. The number of carbonyl (C=O) groups is 2. The zero-order valence-corrected chi connectivity index (χ0v) is 17.8. The van der Waals surface area contributed by atoms with E-state index in [1.54, 1.807) is 18.4 Å². The summed E-state index contributed by atoms with van der Waals surface area (Å²) in [6.45, 7) is 3.25. The second-order valence-electron chi connectivity index (χ2n) is 8.70. The third-order valence-corrected chi connectivity index (χ3v) is 6.33. The van der Waals surface area contributed by atoms with Gasteiger partial charge in [0.25, 0.3) is 0 Å². The van der Waals surface area contributed by atoms with Crippen LogP contribution in [0.4, 0.5) is 28.9 Å². The Morgan fingerprint density at radius 2 is 1.88 bits per heavy atom. The van der Waals surface area contributed by atoms with Gasteiger partial charge in [-0.05, 0) is 31.2 Å². The number of anilines is 2. The number of benzene rings is 1. The highest BCUT2D eigenvalue weighted by atomic mass is 19.4. The fraction of sp³-hybridized carbons (Fsp3) is 0.476. The lowest BCUT2D eigenvalue weighted by molar-refractivity contribution is -0.174. The first-order chi connectivity index (χ1) is 15.3. The summed E-state index contributed by atoms with van der Waals surface area (Å²) in [5, 5.41) is 11.1. The fourth-order valence-electron chi connectivity index (χ4n) is 4.54. The van der Waals surface area contributed by atoms with Gasteiger partial charge in [-0.1, -0.05) is 6.92 Å². The molecule has 2 fully saturated rings. The normalized spacial score (nSPS) is 21.0. The van der Waals surface area contributed by atoms with Gasteiger partial charge in [0.1, 0.15) is 5.56 Å². The number of halogens is 4. The second kappa shape index (κ2) is 7.63. The minimum atomic E-state index is -5.04. The largest absolute Gasteiger partial charge is 0.477 e. The molecule has 2 atom stereocenters. The Morgan fingerprint density at radius 3 is 2.42 bits per heavy atom. The number of nitrogens with one attached hydrogen (secondary N) is 1. The molecule has 1 aromatic heterocycles. The average molecular weight is 470 g/mol. The maximum atomic E-state index is 15.5. The van der Waals surface area contributed by atoms with Crippen LogP contribution in [0.15, 0.2) is 11.0 Å². The van der Waals surface area contributed by atoms with E-state index in [1.165, 1.54) is 11.1 Å². The van der Waals surface area contributed by atoms with Crippen LogP contribution in [0.5, 0.6) is 0 Å². The number of aromatic nitrogens is 1. The molecule has 12 heteroatoms. The molecule has 1 aliphatic heterocycles. The van der Waals surface area contributed by atoms with Crippen LogP contribution >= 0.6 is 0 Å². The van der Waals surface area contributed by atoms with Gasteiger partial charge in [0.05, 0.1) is 28.3 Å². The van der Waals surface area contributed by atoms with E-state index in [4.69, 9.17) is 5.73 Å². The predicted molar refractivity (Wildman–Crippen MR) is 112 cm³/mol. The quantitative estimate of drug-likeness (QED) is 0.467. The first-order valence-corrected chi connectivity index (χ1v) is 10.3. The number of fused-ring (bicyclic) bond motifs is 1. The van der Waals surface area contributed by atoms with Crippen molar-refractivity contribution in [3.63, 3.8) is 0 Å². The Hall–Kier alpha value is -3.31. The minimum absolute atomic E-state index is 0.0208. The molecule has 1 aromatic carbocycles. The van der Waals surface area contributed by atoms with Gasteiger partial charge >= 0.3 is 18.1 Å². The van der Waals surface area contributed by atoms with Crippen molar-refractivity contribution in [3.05, 3.63) is 33.4 Å². The molecule has 2 unspecified atom stereocenters. The van der Waals surface area contributed by atoms with E-state index in [0.29, 0.717) is 11.1 Å². The Kier molecular flexibility index (Phi) is 5.29. The number of pyridine rings is 1. The number of nitrogen functional groups attached to an aromatic ring is 1. The Labute approximate surface area is 185 Å². The van der Waals surface area contributed by atoms with Crippen molar-refractivity contribution >= 4 is 34.2 Å². The van der Waals surface area contributed by atoms with Crippen molar-refractivity contribution in [2.75, 3.05) is 23.7 Å². The van der Waals surface area contributed by atoms with E-state index in [1.807, 2.05) is 5.32 Å². The van der Waals surface area contributed by atoms with Gasteiger partial charge in [0.15, 0.2) is 5.82 Å². The molecule has 1 saturated carbocycles. The second-order valence-corrected chi connectivity index (χ2v) is 8.70. The van der Waals surface area contributed by atoms with Crippen LogP contribution in [0.25, 0.3) is 10.9 Å². The Morgan fingerprint density at radius 1 is 1.24 bits per heavy atom. The monoisotopic (exact) mass is 470 g/mol. The Balaban J connectivity index is 1.84. The number of alkyl halides is 3. The molecule has 178 valence electrons. The van der Waals surface area contributed by atoms with Crippen molar-refractivity contribution in [3.8, 4) is 0 Å². The lowest BCUT2D eigenvalue weighted by atomic mass is 10.0. The molecule has 8 nitrogen and oxygen atoms in total. The van der Waals surface area contributed by atoms with Crippen LogP contribution in [-0.4, -0.2) is 46.9 Å². The van der Waals surface area contributed by atoms with E-state index in [-0.39, 0.29) is 30.2 Å². The summed E-state index contributed by atoms with van der Waals surface area (Å²) in [6, 6.07) is -0.950. The first-order valence-electron chi connectivity index (χ1n) is 10.3. The van der Waals surface area contributed by atoms with Crippen LogP contribution < -0.4 is 21.4 Å². The molecule has 4 rings (SSSR count). The molecule has 2 aliphatic rings. The van der Waals surface area contributed by atoms with Gasteiger partial charge in [0, 0.05) is 25.3 Å². The zero-order valence-electron chi connectivity index (χ0n) is 17.8. The van der Waals surface area contributed by atoms with Crippen LogP contribution in [0.2, 0.25) is 0 Å². The number of hydrogen-bond acceptors (Lipinski definition) is 5. The van der Waals surface area contributed by atoms with Gasteiger partial charge in [0.2, 0.25) is 5.43 Å². The van der Waals surface area contributed by atoms with Gasteiger partial charge in [-0.3, -0.25) is 9.59 Å². The summed E-state index contributed by atoms with van der Waals surface area (Å²) in [4.78, 5) is 37.3. The SMILES string of the molecule is Cc1c(N2CC(C)C(NC(=O)C(F)(F)F)C2)c(F)c(N)c2c(=O)c(C(=O)O)cn(C3CC3)c12. The number of rotatable bonds is 4. The standard InChI is InChI=1S/C21H22F4N4O4/c1-8-5-28(7-12(8)27-20(33)21(23,24)25)17-9(2)16-13(15(26)14(17)22)18(30)11(19(31)32)6-29(16)10-3-4-10/h6,8,10,12H,3-5,7,26H2,1-2H3,(H,27,33)(H,31,32). The van der Waals surface area contributed by atoms with Crippen LogP contribution in [0.1, 0.15) is 41.7 Å². The number of aryl methyl sites for hydroxylation is 1. The zero-order chi connectivity index (χ0) is 24.4. The van der Waals surface area contributed by atoms with Gasteiger partial charge in [-0.2, -0.15) is 13.2 Å². The average Bonchev–Trinajstić information content (AvgIpc) is 3.49. The Bertz CT molecular complexity index is 1240. The van der Waals surface area contributed by atoms with Crippen LogP contribution in [0, 0.1) is 18.7 Å². The van der Waals surface area contributed by atoms with E-state index in [9.17, 15) is 32.7 Å². The van der Waals surface area contributed by atoms with Gasteiger partial charge in [-0.25, -0.2) is 9.18 Å². The van der Waals surface area contributed by atoms with Crippen molar-refractivity contribution in [2.24, 2.45) is 5.92 Å². The number of aromatic carboxylic acids is 1. The molecule has 0 bridgehead atoms. The summed E-state index contributed by atoms with van der Waals surface area (Å²) in [6.07, 6.45) is -2.31. The number of carbonyl (C=O) groups excluding carboxylic acids is 1.